The molecule has 0 aliphatic carbocycles. The van der Waals surface area contributed by atoms with Crippen molar-refractivity contribution < 1.29 is 51.8 Å². The topological polar surface area (TPSA) is 192 Å². The van der Waals surface area contributed by atoms with E-state index in [1.165, 1.54) is 270 Å². The Balaban J connectivity index is 2.20. The molecule has 6 N–H and O–H groups in total. The van der Waals surface area contributed by atoms with Gasteiger partial charge in [-0.15, -0.1) is 0 Å². The van der Waals surface area contributed by atoms with Crippen LogP contribution in [-0.2, 0) is 28.9 Å². The van der Waals surface area contributed by atoms with Crippen molar-refractivity contribution in [3.05, 3.63) is 24.3 Å². The quantitative estimate of drug-likeness (QED) is 0.0193. The van der Waals surface area contributed by atoms with Gasteiger partial charge in [0.05, 0.1) is 25.4 Å². The highest BCUT2D eigenvalue weighted by Gasteiger charge is 2.48. The van der Waals surface area contributed by atoms with Crippen LogP contribution in [0.4, 0.5) is 0 Å². The van der Waals surface area contributed by atoms with E-state index in [0.717, 1.165) is 38.5 Å². The van der Waals surface area contributed by atoms with E-state index < -0.39 is 59.9 Å². The zero-order valence-corrected chi connectivity index (χ0v) is 52.0. The number of carbonyl (C=O) groups excluding carboxylic acids is 1. The summed E-state index contributed by atoms with van der Waals surface area (Å²) in [7, 11) is -5.09. The molecule has 1 aliphatic heterocycles. The van der Waals surface area contributed by atoms with Gasteiger partial charge in [-0.1, -0.05) is 308 Å². The molecule has 0 aromatic heterocycles. The van der Waals surface area contributed by atoms with Crippen molar-refractivity contribution in [3.8, 4) is 0 Å². The highest BCUT2D eigenvalue weighted by atomic mass is 32.3. The molecule has 0 spiro atoms. The van der Waals surface area contributed by atoms with E-state index in [0.29, 0.717) is 6.42 Å². The van der Waals surface area contributed by atoms with Crippen LogP contribution in [0.1, 0.15) is 335 Å². The fourth-order valence-electron chi connectivity index (χ4n) is 11.0. The van der Waals surface area contributed by atoms with Gasteiger partial charge in [-0.05, 0) is 44.9 Å². The summed E-state index contributed by atoms with van der Waals surface area (Å²) in [5.74, 6) is -0.256. The second-order valence-corrected chi connectivity index (χ2v) is 24.8. The zero-order chi connectivity index (χ0) is 57.5. The predicted molar refractivity (Wildman–Crippen MR) is 329 cm³/mol. The smallest absolute Gasteiger partial charge is 0.394 e. The maximum Gasteiger partial charge on any atom is 0.397 e. The Morgan fingerprint density at radius 1 is 0.494 bits per heavy atom. The molecule has 1 rings (SSSR count). The van der Waals surface area contributed by atoms with Crippen molar-refractivity contribution in [2.24, 2.45) is 0 Å². The monoisotopic (exact) mass is 1140 g/mol. The van der Waals surface area contributed by atoms with Crippen molar-refractivity contribution >= 4 is 16.3 Å². The van der Waals surface area contributed by atoms with E-state index in [1.54, 1.807) is 6.08 Å². The number of unbranched alkanes of at least 4 members (excludes halogenated alkanes) is 46. The Labute approximate surface area is 486 Å². The van der Waals surface area contributed by atoms with Crippen LogP contribution in [0.3, 0.4) is 0 Å². The van der Waals surface area contributed by atoms with Gasteiger partial charge >= 0.3 is 10.4 Å². The van der Waals surface area contributed by atoms with Gasteiger partial charge in [0.15, 0.2) is 6.29 Å². The van der Waals surface area contributed by atoms with Crippen LogP contribution in [0.2, 0.25) is 0 Å². The van der Waals surface area contributed by atoms with Crippen LogP contribution in [0.25, 0.3) is 0 Å². The lowest BCUT2D eigenvalue weighted by atomic mass is 9.99. The Morgan fingerprint density at radius 3 is 1.14 bits per heavy atom. The van der Waals surface area contributed by atoms with Crippen LogP contribution < -0.4 is 5.32 Å². The van der Waals surface area contributed by atoms with Crippen LogP contribution in [0.5, 0.6) is 0 Å². The molecular weight excluding hydrogens is 1010 g/mol. The lowest BCUT2D eigenvalue weighted by Crippen LogP contribution is -2.61. The zero-order valence-electron chi connectivity index (χ0n) is 51.2. The van der Waals surface area contributed by atoms with Gasteiger partial charge in [0.1, 0.15) is 24.4 Å². The van der Waals surface area contributed by atoms with E-state index in [1.807, 2.05) is 6.08 Å². The van der Waals surface area contributed by atoms with Gasteiger partial charge in [-0.2, -0.15) is 8.42 Å². The predicted octanol–water partition coefficient (Wildman–Crippen LogP) is 17.1. The summed E-state index contributed by atoms with van der Waals surface area (Å²) < 4.78 is 47.9. The number of aliphatic hydroxyl groups is 4. The summed E-state index contributed by atoms with van der Waals surface area (Å²) in [4.78, 5) is 13.2. The molecule has 468 valence electrons. The van der Waals surface area contributed by atoms with Gasteiger partial charge < -0.3 is 35.2 Å². The number of rotatable bonds is 60. The van der Waals surface area contributed by atoms with Crippen molar-refractivity contribution in [1.82, 2.24) is 5.32 Å². The summed E-state index contributed by atoms with van der Waals surface area (Å²) in [6.07, 6.45) is 62.6. The first-order valence-electron chi connectivity index (χ1n) is 33.7. The van der Waals surface area contributed by atoms with Crippen molar-refractivity contribution in [2.45, 2.75) is 378 Å². The van der Waals surface area contributed by atoms with Crippen LogP contribution in [-0.4, -0.2) is 95.4 Å². The Morgan fingerprint density at radius 2 is 0.810 bits per heavy atom. The minimum Gasteiger partial charge on any atom is -0.394 e. The molecule has 1 heterocycles. The fraction of sp³-hybridized carbons (Fsp3) is 0.924. The maximum atomic E-state index is 13.2. The Bertz CT molecular complexity index is 1480. The highest BCUT2D eigenvalue weighted by Crippen LogP contribution is 2.26. The third-order valence-electron chi connectivity index (χ3n) is 16.2. The first-order valence-corrected chi connectivity index (χ1v) is 35.1. The van der Waals surface area contributed by atoms with Crippen molar-refractivity contribution in [3.63, 3.8) is 0 Å². The number of ether oxygens (including phenoxy) is 2. The molecule has 79 heavy (non-hydrogen) atoms. The molecule has 0 aromatic rings. The van der Waals surface area contributed by atoms with Gasteiger partial charge in [0.2, 0.25) is 5.91 Å². The Kier molecular flexibility index (Phi) is 53.3. The molecule has 1 fully saturated rings. The Hall–Kier alpha value is -1.42. The molecule has 0 radical (unpaired) electrons. The SMILES string of the molecule is CCCCCCCCCCCCCCCC/C=C\CCCCCCCCCCCCCCCCCCCC(=O)NC(COC1OC(CO)C(O)C(OS(=O)(=O)O)C1O)C(O)/C=C/CCCCCCCCCCCCCCCCC. The average Bonchev–Trinajstić information content (AvgIpc) is 3.45. The number of aliphatic hydroxyl groups excluding tert-OH is 4. The van der Waals surface area contributed by atoms with Gasteiger partial charge in [0.25, 0.3) is 0 Å². The largest absolute Gasteiger partial charge is 0.397 e. The van der Waals surface area contributed by atoms with E-state index in [-0.39, 0.29) is 18.9 Å². The summed E-state index contributed by atoms with van der Waals surface area (Å²) >= 11 is 0. The molecule has 12 nitrogen and oxygen atoms in total. The van der Waals surface area contributed by atoms with Crippen LogP contribution in [0, 0.1) is 0 Å². The number of carbonyl (C=O) groups is 1. The molecule has 1 aliphatic rings. The minimum absolute atomic E-state index is 0.256. The second kappa shape index (κ2) is 55.8. The lowest BCUT2D eigenvalue weighted by Gasteiger charge is -2.41. The van der Waals surface area contributed by atoms with Crippen LogP contribution >= 0.6 is 0 Å². The van der Waals surface area contributed by atoms with E-state index in [9.17, 15) is 38.2 Å². The standard InChI is InChI=1S/C66H127NO11S/c1-3-5-7-9-11-13-15-17-19-21-22-23-24-25-26-27-28-29-30-31-32-33-34-35-36-37-38-40-42-44-46-48-50-52-54-56-62(70)67-59(58-76-66-64(72)65(78-79(73,74)75)63(71)61(57-68)77-66)60(69)55-53-51-49-47-45-43-41-39-20-18-16-14-12-10-8-6-4-2/h27-28,53,55,59-61,63-66,68-69,71-72H,3-26,29-52,54,56-58H2,1-2H3,(H,67,70)(H,73,74,75)/b28-27-,55-53+. The third kappa shape index (κ3) is 47.6. The highest BCUT2D eigenvalue weighted by molar-refractivity contribution is 7.80. The van der Waals surface area contributed by atoms with Crippen molar-refractivity contribution in [2.75, 3.05) is 13.2 Å². The van der Waals surface area contributed by atoms with E-state index >= 15 is 0 Å². The molecule has 1 saturated heterocycles. The molecule has 7 atom stereocenters. The number of allylic oxidation sites excluding steroid dienone is 3. The van der Waals surface area contributed by atoms with Gasteiger partial charge in [0, 0.05) is 6.42 Å². The summed E-state index contributed by atoms with van der Waals surface area (Å²) in [6, 6.07) is -0.943. The summed E-state index contributed by atoms with van der Waals surface area (Å²) in [5.41, 5.74) is 0. The molecule has 0 saturated carbocycles. The van der Waals surface area contributed by atoms with Crippen LogP contribution in [0.15, 0.2) is 24.3 Å². The maximum absolute atomic E-state index is 13.2. The van der Waals surface area contributed by atoms with E-state index in [4.69, 9.17) is 9.47 Å². The molecule has 0 bridgehead atoms. The summed E-state index contributed by atoms with van der Waals surface area (Å²) in [5, 5.41) is 45.1. The third-order valence-corrected chi connectivity index (χ3v) is 16.7. The molecular formula is C66H127NO11S. The molecule has 13 heteroatoms. The molecule has 0 aromatic carbocycles. The average molecular weight is 1140 g/mol. The lowest BCUT2D eigenvalue weighted by molar-refractivity contribution is -0.298. The first kappa shape index (κ1) is 75.6. The van der Waals surface area contributed by atoms with Crippen molar-refractivity contribution in [1.29, 1.82) is 0 Å². The minimum atomic E-state index is -5.09. The second-order valence-electron chi connectivity index (χ2n) is 23.8. The fourth-order valence-corrected chi connectivity index (χ4v) is 11.6. The van der Waals surface area contributed by atoms with Gasteiger partial charge in [-0.25, -0.2) is 4.18 Å². The normalized spacial score (nSPS) is 18.8. The number of nitrogens with one attached hydrogen (secondary N) is 1. The summed E-state index contributed by atoms with van der Waals surface area (Å²) in [6.45, 7) is 3.45. The van der Waals surface area contributed by atoms with Gasteiger partial charge in [-0.3, -0.25) is 9.35 Å². The first-order chi connectivity index (χ1) is 38.5. The number of hydrogen-bond acceptors (Lipinski definition) is 10. The number of amides is 1. The molecule has 7 unspecified atom stereocenters. The number of hydrogen-bond donors (Lipinski definition) is 6. The van der Waals surface area contributed by atoms with E-state index in [2.05, 4.69) is 35.5 Å². The molecule has 1 amide bonds.